The highest BCUT2D eigenvalue weighted by molar-refractivity contribution is 5.97. The Balaban J connectivity index is 1.78. The molecule has 0 radical (unpaired) electrons. The van der Waals surface area contributed by atoms with E-state index in [0.717, 1.165) is 0 Å². The second-order valence-electron chi connectivity index (χ2n) is 11.8. The van der Waals surface area contributed by atoms with E-state index in [1.807, 2.05) is 6.92 Å². The number of amides is 5. The Morgan fingerprint density at radius 1 is 0.538 bits per heavy atom. The zero-order valence-corrected chi connectivity index (χ0v) is 28.6. The Kier molecular flexibility index (Phi) is 16.3. The van der Waals surface area contributed by atoms with Gasteiger partial charge in [-0.15, -0.1) is 0 Å². The second kappa shape index (κ2) is 21.1. The van der Waals surface area contributed by atoms with Crippen molar-refractivity contribution >= 4 is 41.7 Å². The van der Waals surface area contributed by atoms with Crippen molar-refractivity contribution in [2.45, 2.75) is 69.8 Å². The number of nitrogens with one attached hydrogen (secondary N) is 5. The Bertz CT molecular complexity index is 1660. The summed E-state index contributed by atoms with van der Waals surface area (Å²) in [4.78, 5) is 89.7. The fourth-order valence-corrected chi connectivity index (χ4v) is 4.98. The Morgan fingerprint density at radius 3 is 1.35 bits per heavy atom. The monoisotopic (exact) mass is 717 g/mol. The predicted molar refractivity (Wildman–Crippen MR) is 187 cm³/mol. The highest BCUT2D eigenvalue weighted by atomic mass is 16.5. The molecule has 4 atom stereocenters. The van der Waals surface area contributed by atoms with Gasteiger partial charge >= 0.3 is 18.0 Å². The van der Waals surface area contributed by atoms with E-state index in [1.165, 1.54) is 0 Å². The Morgan fingerprint density at radius 2 is 0.923 bits per heavy atom. The summed E-state index contributed by atoms with van der Waals surface area (Å²) >= 11 is 0. The standard InChI is InChI=1S/C37H43N5O10/c1-2-18-38-33(47)27(19-24-12-6-3-7-13-24)39-35(49)29(21-31(43)44)41-36(50)30(22-32(45)46)40-34(48)28(20-25-14-8-4-9-15-25)42-37(51)52-23-26-16-10-5-11-17-26/h3-17,27-30H,2,18-23H2,1H3,(H,38,47)(H,39,49)(H,40,48)(H,41,50)(H,42,51)(H,43,44)(H,45,46)/t27-,28-,29-,30-/m0/s1. The first-order chi connectivity index (χ1) is 24.9. The van der Waals surface area contributed by atoms with E-state index in [4.69, 9.17) is 4.74 Å². The highest BCUT2D eigenvalue weighted by Gasteiger charge is 2.33. The first-order valence-electron chi connectivity index (χ1n) is 16.6. The molecule has 276 valence electrons. The van der Waals surface area contributed by atoms with Crippen LogP contribution in [0.4, 0.5) is 4.79 Å². The van der Waals surface area contributed by atoms with Crippen LogP contribution in [0, 0.1) is 0 Å². The molecule has 0 aliphatic carbocycles. The van der Waals surface area contributed by atoms with Crippen LogP contribution in [0.2, 0.25) is 0 Å². The number of rotatable bonds is 20. The predicted octanol–water partition coefficient (Wildman–Crippen LogP) is 1.70. The maximum atomic E-state index is 13.6. The molecule has 0 aliphatic heterocycles. The molecule has 0 unspecified atom stereocenters. The van der Waals surface area contributed by atoms with E-state index < -0.39 is 78.7 Å². The number of hydrogen-bond donors (Lipinski definition) is 7. The summed E-state index contributed by atoms with van der Waals surface area (Å²) < 4.78 is 5.25. The van der Waals surface area contributed by atoms with E-state index in [-0.39, 0.29) is 19.4 Å². The maximum absolute atomic E-state index is 13.6. The summed E-state index contributed by atoms with van der Waals surface area (Å²) in [5.41, 5.74) is 2.01. The quantitative estimate of drug-likeness (QED) is 0.0895. The van der Waals surface area contributed by atoms with Crippen molar-refractivity contribution in [1.82, 2.24) is 26.6 Å². The molecule has 3 aromatic carbocycles. The number of alkyl carbamates (subject to hydrolysis) is 1. The summed E-state index contributed by atoms with van der Waals surface area (Å²) in [5.74, 6) is -6.65. The minimum Gasteiger partial charge on any atom is -0.481 e. The van der Waals surface area contributed by atoms with Crippen LogP contribution in [-0.2, 0) is 53.0 Å². The van der Waals surface area contributed by atoms with Gasteiger partial charge in [0.15, 0.2) is 0 Å². The Hall–Kier alpha value is -6.25. The lowest BCUT2D eigenvalue weighted by Crippen LogP contribution is -2.59. The summed E-state index contributed by atoms with van der Waals surface area (Å²) in [6.07, 6.45) is -2.23. The van der Waals surface area contributed by atoms with Crippen molar-refractivity contribution in [2.75, 3.05) is 6.54 Å². The van der Waals surface area contributed by atoms with Crippen LogP contribution in [0.5, 0.6) is 0 Å². The Labute approximate surface area is 300 Å². The van der Waals surface area contributed by atoms with Gasteiger partial charge in [0, 0.05) is 19.4 Å². The third-order valence-electron chi connectivity index (χ3n) is 7.59. The molecule has 15 nitrogen and oxygen atoms in total. The van der Waals surface area contributed by atoms with Crippen LogP contribution in [0.25, 0.3) is 0 Å². The van der Waals surface area contributed by atoms with Gasteiger partial charge < -0.3 is 41.5 Å². The molecule has 0 fully saturated rings. The van der Waals surface area contributed by atoms with Crippen LogP contribution >= 0.6 is 0 Å². The molecule has 0 aromatic heterocycles. The van der Waals surface area contributed by atoms with E-state index >= 15 is 0 Å². The number of hydrogen-bond acceptors (Lipinski definition) is 8. The first-order valence-corrected chi connectivity index (χ1v) is 16.6. The van der Waals surface area contributed by atoms with Gasteiger partial charge in [0.2, 0.25) is 23.6 Å². The van der Waals surface area contributed by atoms with Gasteiger partial charge in [-0.2, -0.15) is 0 Å². The van der Waals surface area contributed by atoms with E-state index in [0.29, 0.717) is 29.7 Å². The minimum atomic E-state index is -1.80. The smallest absolute Gasteiger partial charge is 0.408 e. The fraction of sp³-hybridized carbons (Fsp3) is 0.324. The molecule has 0 spiro atoms. The largest absolute Gasteiger partial charge is 0.481 e. The minimum absolute atomic E-state index is 0.0527. The number of carboxylic acids is 2. The molecule has 15 heteroatoms. The molecule has 0 bridgehead atoms. The normalized spacial score (nSPS) is 12.9. The fourth-order valence-electron chi connectivity index (χ4n) is 4.98. The molecule has 52 heavy (non-hydrogen) atoms. The number of carboxylic acid groups (broad SMARTS) is 2. The molecular formula is C37H43N5O10. The van der Waals surface area contributed by atoms with Gasteiger partial charge in [0.1, 0.15) is 30.8 Å². The van der Waals surface area contributed by atoms with Crippen LogP contribution < -0.4 is 26.6 Å². The van der Waals surface area contributed by atoms with Crippen molar-refractivity contribution < 1.29 is 48.5 Å². The van der Waals surface area contributed by atoms with Gasteiger partial charge in [0.05, 0.1) is 12.8 Å². The van der Waals surface area contributed by atoms with E-state index in [2.05, 4.69) is 26.6 Å². The average Bonchev–Trinajstić information content (AvgIpc) is 3.12. The lowest BCUT2D eigenvalue weighted by atomic mass is 10.0. The summed E-state index contributed by atoms with van der Waals surface area (Å²) in [5, 5.41) is 31.3. The van der Waals surface area contributed by atoms with Gasteiger partial charge in [0.25, 0.3) is 0 Å². The van der Waals surface area contributed by atoms with Crippen LogP contribution in [-0.4, -0.2) is 82.6 Å². The molecule has 5 amide bonds. The van der Waals surface area contributed by atoms with Crippen molar-refractivity contribution in [2.24, 2.45) is 0 Å². The van der Waals surface area contributed by atoms with Crippen molar-refractivity contribution in [3.8, 4) is 0 Å². The maximum Gasteiger partial charge on any atom is 0.408 e. The van der Waals surface area contributed by atoms with Crippen LogP contribution in [0.3, 0.4) is 0 Å². The SMILES string of the molecule is CCCNC(=O)[C@H](Cc1ccccc1)NC(=O)[C@H](CC(=O)O)NC(=O)[C@H](CC(=O)O)NC(=O)[C@H](Cc1ccccc1)NC(=O)OCc1ccccc1. The van der Waals surface area contributed by atoms with Crippen LogP contribution in [0.15, 0.2) is 91.0 Å². The van der Waals surface area contributed by atoms with Gasteiger partial charge in [-0.25, -0.2) is 4.79 Å². The lowest BCUT2D eigenvalue weighted by Gasteiger charge is -2.25. The third-order valence-corrected chi connectivity index (χ3v) is 7.59. The lowest BCUT2D eigenvalue weighted by molar-refractivity contribution is -0.143. The summed E-state index contributed by atoms with van der Waals surface area (Å²) in [6, 6.07) is 20.0. The van der Waals surface area contributed by atoms with Crippen molar-refractivity contribution in [3.05, 3.63) is 108 Å². The molecule has 7 N–H and O–H groups in total. The summed E-state index contributed by atoms with van der Waals surface area (Å²) in [6.45, 7) is 2.06. The van der Waals surface area contributed by atoms with Gasteiger partial charge in [-0.05, 0) is 23.1 Å². The average molecular weight is 718 g/mol. The van der Waals surface area contributed by atoms with E-state index in [1.54, 1.807) is 91.0 Å². The number of carbonyl (C=O) groups excluding carboxylic acids is 5. The van der Waals surface area contributed by atoms with Crippen molar-refractivity contribution in [1.29, 1.82) is 0 Å². The third kappa shape index (κ3) is 14.3. The van der Waals surface area contributed by atoms with Crippen LogP contribution in [0.1, 0.15) is 42.9 Å². The highest BCUT2D eigenvalue weighted by Crippen LogP contribution is 2.09. The van der Waals surface area contributed by atoms with E-state index in [9.17, 15) is 43.8 Å². The molecule has 0 saturated carbocycles. The molecule has 0 heterocycles. The zero-order valence-electron chi connectivity index (χ0n) is 28.6. The second-order valence-corrected chi connectivity index (χ2v) is 11.8. The topological polar surface area (TPSA) is 229 Å². The zero-order chi connectivity index (χ0) is 37.9. The van der Waals surface area contributed by atoms with Crippen molar-refractivity contribution in [3.63, 3.8) is 0 Å². The number of ether oxygens (including phenoxy) is 1. The first kappa shape index (κ1) is 40.2. The van der Waals surface area contributed by atoms with Gasteiger partial charge in [-0.1, -0.05) is 97.9 Å². The molecule has 3 aromatic rings. The van der Waals surface area contributed by atoms with Gasteiger partial charge in [-0.3, -0.25) is 28.8 Å². The molecule has 3 rings (SSSR count). The number of carbonyl (C=O) groups is 7. The number of benzene rings is 3. The molecular weight excluding hydrogens is 674 g/mol. The molecule has 0 saturated heterocycles. The number of aliphatic carboxylic acids is 2. The molecule has 0 aliphatic rings. The summed E-state index contributed by atoms with van der Waals surface area (Å²) in [7, 11) is 0.